The second-order valence-electron chi connectivity index (χ2n) is 5.73. The van der Waals surface area contributed by atoms with Crippen molar-refractivity contribution < 1.29 is 24.2 Å². The zero-order valence-corrected chi connectivity index (χ0v) is 11.7. The molecular formula is C13H21NO5. The predicted octanol–water partition coefficient (Wildman–Crippen LogP) is 0.801. The number of methoxy groups -OCH3 is 1. The van der Waals surface area contributed by atoms with Crippen molar-refractivity contribution in [2.75, 3.05) is 7.11 Å². The molecule has 0 bridgehead atoms. The number of hydrogen-bond acceptors (Lipinski definition) is 4. The second-order valence-corrected chi connectivity index (χ2v) is 5.73. The molecule has 1 saturated carbocycles. The third-order valence-electron chi connectivity index (χ3n) is 3.58. The van der Waals surface area contributed by atoms with Gasteiger partial charge in [-0.15, -0.1) is 0 Å². The maximum Gasteiger partial charge on any atom is 0.330 e. The highest BCUT2D eigenvalue weighted by atomic mass is 16.5. The Morgan fingerprint density at radius 2 is 1.74 bits per heavy atom. The van der Waals surface area contributed by atoms with Gasteiger partial charge in [-0.1, -0.05) is 6.92 Å². The largest absolute Gasteiger partial charge is 0.481 e. The van der Waals surface area contributed by atoms with E-state index in [1.54, 1.807) is 0 Å². The maximum atomic E-state index is 12.2. The third-order valence-corrected chi connectivity index (χ3v) is 3.58. The fourth-order valence-electron chi connectivity index (χ4n) is 2.56. The quantitative estimate of drug-likeness (QED) is 0.738. The first-order valence-electron chi connectivity index (χ1n) is 6.32. The average molecular weight is 271 g/mol. The fraction of sp³-hybridized carbons (Fsp3) is 0.769. The Bertz CT molecular complexity index is 390. The summed E-state index contributed by atoms with van der Waals surface area (Å²) in [7, 11) is 1.24. The molecule has 0 spiro atoms. The zero-order valence-electron chi connectivity index (χ0n) is 11.7. The van der Waals surface area contributed by atoms with Crippen LogP contribution >= 0.6 is 0 Å². The van der Waals surface area contributed by atoms with Crippen molar-refractivity contribution in [1.82, 2.24) is 5.32 Å². The normalized spacial score (nSPS) is 26.8. The SMILES string of the molecule is COC(=O)C(C)(C)NC(=O)C1CC(C)CC1C(=O)O. The molecule has 1 rings (SSSR count). The number of amides is 1. The summed E-state index contributed by atoms with van der Waals surface area (Å²) in [5.74, 6) is -2.98. The molecule has 1 aliphatic carbocycles. The summed E-state index contributed by atoms with van der Waals surface area (Å²) in [6, 6.07) is 0. The van der Waals surface area contributed by atoms with E-state index in [1.165, 1.54) is 21.0 Å². The van der Waals surface area contributed by atoms with Crippen LogP contribution in [0, 0.1) is 17.8 Å². The van der Waals surface area contributed by atoms with Crippen LogP contribution < -0.4 is 5.32 Å². The Hall–Kier alpha value is -1.59. The lowest BCUT2D eigenvalue weighted by Crippen LogP contribution is -2.52. The Kier molecular flexibility index (Phi) is 4.55. The Morgan fingerprint density at radius 1 is 1.21 bits per heavy atom. The number of aliphatic carboxylic acids is 1. The highest BCUT2D eigenvalue weighted by molar-refractivity contribution is 5.90. The first-order chi connectivity index (χ1) is 8.69. The number of carbonyl (C=O) groups excluding carboxylic acids is 2. The van der Waals surface area contributed by atoms with E-state index in [1.807, 2.05) is 6.92 Å². The number of nitrogens with one attached hydrogen (secondary N) is 1. The highest BCUT2D eigenvalue weighted by Crippen LogP contribution is 2.36. The van der Waals surface area contributed by atoms with E-state index in [0.29, 0.717) is 12.8 Å². The van der Waals surface area contributed by atoms with Gasteiger partial charge in [0.2, 0.25) is 5.91 Å². The van der Waals surface area contributed by atoms with Crippen LogP contribution in [0.3, 0.4) is 0 Å². The molecule has 3 atom stereocenters. The molecule has 1 fully saturated rings. The standard InChI is InChI=1S/C13H21NO5/c1-7-5-8(9(6-7)11(16)17)10(15)14-13(2,3)12(18)19-4/h7-9H,5-6H2,1-4H3,(H,14,15)(H,16,17). The first kappa shape index (κ1) is 15.5. The van der Waals surface area contributed by atoms with Crippen molar-refractivity contribution in [2.45, 2.75) is 39.2 Å². The Balaban J connectivity index is 2.77. The molecule has 19 heavy (non-hydrogen) atoms. The minimum Gasteiger partial charge on any atom is -0.481 e. The van der Waals surface area contributed by atoms with Gasteiger partial charge in [0.25, 0.3) is 0 Å². The molecule has 1 aliphatic rings. The first-order valence-corrected chi connectivity index (χ1v) is 6.32. The van der Waals surface area contributed by atoms with Gasteiger partial charge in [-0.3, -0.25) is 9.59 Å². The van der Waals surface area contributed by atoms with Crippen LogP contribution in [0.5, 0.6) is 0 Å². The number of rotatable bonds is 4. The molecule has 6 nitrogen and oxygen atoms in total. The summed E-state index contributed by atoms with van der Waals surface area (Å²) in [5, 5.41) is 11.7. The zero-order chi connectivity index (χ0) is 14.8. The maximum absolute atomic E-state index is 12.2. The summed E-state index contributed by atoms with van der Waals surface area (Å²) in [4.78, 5) is 34.8. The third kappa shape index (κ3) is 3.45. The number of esters is 1. The molecule has 6 heteroatoms. The topological polar surface area (TPSA) is 92.7 Å². The van der Waals surface area contributed by atoms with Crippen LogP contribution in [0.25, 0.3) is 0 Å². The van der Waals surface area contributed by atoms with E-state index < -0.39 is 35.2 Å². The van der Waals surface area contributed by atoms with Gasteiger partial charge >= 0.3 is 11.9 Å². The summed E-state index contributed by atoms with van der Waals surface area (Å²) < 4.78 is 4.60. The van der Waals surface area contributed by atoms with Crippen LogP contribution in [0.1, 0.15) is 33.6 Å². The van der Waals surface area contributed by atoms with E-state index in [0.717, 1.165) is 0 Å². The number of carbonyl (C=O) groups is 3. The van der Waals surface area contributed by atoms with Crippen LogP contribution in [-0.4, -0.2) is 35.6 Å². The van der Waals surface area contributed by atoms with Gasteiger partial charge in [-0.05, 0) is 32.6 Å². The molecule has 0 radical (unpaired) electrons. The van der Waals surface area contributed by atoms with E-state index in [-0.39, 0.29) is 5.92 Å². The molecule has 0 aromatic heterocycles. The lowest BCUT2D eigenvalue weighted by atomic mass is 9.94. The molecule has 2 N–H and O–H groups in total. The number of ether oxygens (including phenoxy) is 1. The predicted molar refractivity (Wildman–Crippen MR) is 67.3 cm³/mol. The molecular weight excluding hydrogens is 250 g/mol. The van der Waals surface area contributed by atoms with Crippen LogP contribution in [-0.2, 0) is 19.1 Å². The van der Waals surface area contributed by atoms with Crippen molar-refractivity contribution in [3.8, 4) is 0 Å². The second kappa shape index (κ2) is 5.59. The molecule has 0 aliphatic heterocycles. The number of carboxylic acids is 1. The molecule has 0 saturated heterocycles. The lowest BCUT2D eigenvalue weighted by Gasteiger charge is -2.26. The van der Waals surface area contributed by atoms with Crippen molar-refractivity contribution in [3.63, 3.8) is 0 Å². The van der Waals surface area contributed by atoms with Gasteiger partial charge in [0, 0.05) is 0 Å². The summed E-state index contributed by atoms with van der Waals surface area (Å²) in [6.45, 7) is 4.99. The van der Waals surface area contributed by atoms with Crippen LogP contribution in [0.15, 0.2) is 0 Å². The molecule has 0 aromatic rings. The van der Waals surface area contributed by atoms with E-state index in [9.17, 15) is 14.4 Å². The molecule has 1 amide bonds. The molecule has 3 unspecified atom stereocenters. The monoisotopic (exact) mass is 271 g/mol. The van der Waals surface area contributed by atoms with E-state index in [2.05, 4.69) is 10.1 Å². The summed E-state index contributed by atoms with van der Waals surface area (Å²) in [5.41, 5.74) is -1.15. The molecule has 0 aromatic carbocycles. The van der Waals surface area contributed by atoms with Crippen LogP contribution in [0.4, 0.5) is 0 Å². The summed E-state index contributed by atoms with van der Waals surface area (Å²) >= 11 is 0. The van der Waals surface area contributed by atoms with Gasteiger partial charge in [-0.25, -0.2) is 4.79 Å². The van der Waals surface area contributed by atoms with Gasteiger partial charge in [0.05, 0.1) is 18.9 Å². The van der Waals surface area contributed by atoms with Gasteiger partial charge in [-0.2, -0.15) is 0 Å². The minimum absolute atomic E-state index is 0.193. The van der Waals surface area contributed by atoms with E-state index in [4.69, 9.17) is 5.11 Å². The minimum atomic E-state index is -1.15. The van der Waals surface area contributed by atoms with Crippen molar-refractivity contribution in [1.29, 1.82) is 0 Å². The summed E-state index contributed by atoms with van der Waals surface area (Å²) in [6.07, 6.45) is 1.02. The Labute approximate surface area is 112 Å². The average Bonchev–Trinajstić information content (AvgIpc) is 2.69. The van der Waals surface area contributed by atoms with E-state index >= 15 is 0 Å². The number of carboxylic acid groups (broad SMARTS) is 1. The molecule has 108 valence electrons. The van der Waals surface area contributed by atoms with Crippen molar-refractivity contribution in [3.05, 3.63) is 0 Å². The van der Waals surface area contributed by atoms with Gasteiger partial charge in [0.1, 0.15) is 5.54 Å². The van der Waals surface area contributed by atoms with Crippen LogP contribution in [0.2, 0.25) is 0 Å². The number of hydrogen-bond donors (Lipinski definition) is 2. The van der Waals surface area contributed by atoms with Crippen molar-refractivity contribution in [2.24, 2.45) is 17.8 Å². The fourth-order valence-corrected chi connectivity index (χ4v) is 2.56. The van der Waals surface area contributed by atoms with Crippen molar-refractivity contribution >= 4 is 17.8 Å². The lowest BCUT2D eigenvalue weighted by molar-refractivity contribution is -0.151. The van der Waals surface area contributed by atoms with Gasteiger partial charge in [0.15, 0.2) is 0 Å². The smallest absolute Gasteiger partial charge is 0.330 e. The highest BCUT2D eigenvalue weighted by Gasteiger charge is 2.43. The Morgan fingerprint density at radius 3 is 2.21 bits per heavy atom. The van der Waals surface area contributed by atoms with Gasteiger partial charge < -0.3 is 15.2 Å². The molecule has 0 heterocycles.